The first-order valence-corrected chi connectivity index (χ1v) is 5.10. The molecule has 92 valence electrons. The highest BCUT2D eigenvalue weighted by molar-refractivity contribution is 6.70. The molecular weight excluding hydrogens is 248 g/mol. The number of carbonyl (C=O) groups excluding carboxylic acids is 2. The van der Waals surface area contributed by atoms with Crippen LogP contribution in [-0.2, 0) is 19.1 Å². The number of ether oxygens (including phenoxy) is 2. The third kappa shape index (κ3) is 3.39. The molecule has 0 aromatic heterocycles. The van der Waals surface area contributed by atoms with Gasteiger partial charge in [-0.2, -0.15) is 5.10 Å². The second-order valence-electron chi connectivity index (χ2n) is 3.09. The Morgan fingerprint density at radius 3 is 2.65 bits per heavy atom. The molecule has 0 bridgehead atoms. The summed E-state index contributed by atoms with van der Waals surface area (Å²) in [5, 5.41) is 7.30. The lowest BCUT2D eigenvalue weighted by Gasteiger charge is -2.11. The van der Waals surface area contributed by atoms with Gasteiger partial charge in [-0.1, -0.05) is 11.6 Å². The maximum atomic E-state index is 11.6. The quantitative estimate of drug-likeness (QED) is 0.560. The van der Waals surface area contributed by atoms with E-state index in [0.717, 1.165) is 0 Å². The van der Waals surface area contributed by atoms with Crippen LogP contribution in [0.15, 0.2) is 21.3 Å². The summed E-state index contributed by atoms with van der Waals surface area (Å²) in [6.07, 6.45) is 1.60. The molecule has 0 aromatic carbocycles. The van der Waals surface area contributed by atoms with Crippen molar-refractivity contribution in [1.29, 1.82) is 0 Å². The molecule has 0 amide bonds. The predicted octanol–water partition coefficient (Wildman–Crippen LogP) is 1.05. The molecule has 0 atom stereocenters. The number of carbonyl (C=O) groups is 2. The van der Waals surface area contributed by atoms with Crippen LogP contribution < -0.4 is 0 Å². The Labute approximate surface area is 103 Å². The number of hydrogen-bond acceptors (Lipinski definition) is 6. The molecule has 0 unspecified atom stereocenters. The van der Waals surface area contributed by atoms with E-state index in [1.165, 1.54) is 20.4 Å². The van der Waals surface area contributed by atoms with Crippen molar-refractivity contribution in [3.8, 4) is 0 Å². The van der Waals surface area contributed by atoms with Gasteiger partial charge in [0.25, 0.3) is 0 Å². The van der Waals surface area contributed by atoms with Crippen molar-refractivity contribution in [3.05, 3.63) is 11.1 Å². The van der Waals surface area contributed by atoms with Crippen LogP contribution in [-0.4, -0.2) is 37.5 Å². The predicted molar refractivity (Wildman–Crippen MR) is 62.1 cm³/mol. The standard InChI is InChI=1S/C10H11ClN2O4/c1-16-8(14)5-7(10(15)17-2)6-3-4-12-13-9(6)11/h4H,3,5H2,1-2H3. The van der Waals surface area contributed by atoms with Crippen molar-refractivity contribution < 1.29 is 19.1 Å². The molecule has 0 saturated heterocycles. The van der Waals surface area contributed by atoms with Gasteiger partial charge in [0.15, 0.2) is 5.17 Å². The average Bonchev–Trinajstić information content (AvgIpc) is 2.35. The first kappa shape index (κ1) is 13.4. The second-order valence-corrected chi connectivity index (χ2v) is 3.45. The molecular formula is C10H11ClN2O4. The minimum Gasteiger partial charge on any atom is -0.469 e. The summed E-state index contributed by atoms with van der Waals surface area (Å²) in [7, 11) is 2.46. The van der Waals surface area contributed by atoms with Crippen molar-refractivity contribution in [2.24, 2.45) is 10.2 Å². The molecule has 1 heterocycles. The lowest BCUT2D eigenvalue weighted by atomic mass is 10.0. The number of nitrogens with zero attached hydrogens (tertiary/aromatic N) is 2. The van der Waals surface area contributed by atoms with Gasteiger partial charge >= 0.3 is 11.9 Å². The van der Waals surface area contributed by atoms with Gasteiger partial charge in [-0.05, 0) is 0 Å². The zero-order valence-electron chi connectivity index (χ0n) is 9.40. The summed E-state index contributed by atoms with van der Waals surface area (Å²) in [5.41, 5.74) is 0.568. The lowest BCUT2D eigenvalue weighted by molar-refractivity contribution is -0.143. The van der Waals surface area contributed by atoms with Gasteiger partial charge in [0.2, 0.25) is 0 Å². The summed E-state index contributed by atoms with van der Waals surface area (Å²) < 4.78 is 9.10. The minimum absolute atomic E-state index is 0.0804. The van der Waals surface area contributed by atoms with Gasteiger partial charge in [-0.15, -0.1) is 5.10 Å². The fraction of sp³-hybridized carbons (Fsp3) is 0.400. The van der Waals surface area contributed by atoms with Crippen LogP contribution in [0, 0.1) is 0 Å². The highest BCUT2D eigenvalue weighted by Crippen LogP contribution is 2.20. The van der Waals surface area contributed by atoms with Crippen molar-refractivity contribution in [2.45, 2.75) is 12.8 Å². The third-order valence-corrected chi connectivity index (χ3v) is 2.42. The molecule has 0 aromatic rings. The largest absolute Gasteiger partial charge is 0.469 e. The first-order valence-electron chi connectivity index (χ1n) is 4.72. The van der Waals surface area contributed by atoms with E-state index in [2.05, 4.69) is 19.7 Å². The van der Waals surface area contributed by atoms with E-state index >= 15 is 0 Å². The molecule has 17 heavy (non-hydrogen) atoms. The highest BCUT2D eigenvalue weighted by atomic mass is 35.5. The Morgan fingerprint density at radius 2 is 2.12 bits per heavy atom. The third-order valence-electron chi connectivity index (χ3n) is 2.12. The maximum Gasteiger partial charge on any atom is 0.334 e. The Kier molecular flexibility index (Phi) is 4.84. The summed E-state index contributed by atoms with van der Waals surface area (Å²) in [6, 6.07) is 0. The first-order chi connectivity index (χ1) is 8.10. The van der Waals surface area contributed by atoms with Crippen LogP contribution in [0.1, 0.15) is 12.8 Å². The molecule has 0 saturated carbocycles. The number of rotatable bonds is 3. The van der Waals surface area contributed by atoms with E-state index in [4.69, 9.17) is 11.6 Å². The van der Waals surface area contributed by atoms with Gasteiger partial charge in [0, 0.05) is 18.2 Å². The molecule has 1 aliphatic rings. The summed E-state index contributed by atoms with van der Waals surface area (Å²) >= 11 is 5.82. The SMILES string of the molecule is COC(=O)CC(C(=O)OC)=C1CC=NN=C1Cl. The van der Waals surface area contributed by atoms with E-state index < -0.39 is 11.9 Å². The fourth-order valence-corrected chi connectivity index (χ4v) is 1.49. The number of allylic oxidation sites excluding steroid dienone is 1. The van der Waals surface area contributed by atoms with Crippen molar-refractivity contribution in [2.75, 3.05) is 14.2 Å². The fourth-order valence-electron chi connectivity index (χ4n) is 1.26. The molecule has 0 aliphatic carbocycles. The minimum atomic E-state index is -0.631. The molecule has 1 rings (SSSR count). The van der Waals surface area contributed by atoms with E-state index in [-0.39, 0.29) is 17.2 Å². The Morgan fingerprint density at radius 1 is 1.41 bits per heavy atom. The maximum absolute atomic E-state index is 11.6. The van der Waals surface area contributed by atoms with Gasteiger partial charge in [0.05, 0.1) is 26.2 Å². The van der Waals surface area contributed by atoms with Crippen LogP contribution in [0.4, 0.5) is 0 Å². The van der Waals surface area contributed by atoms with Crippen LogP contribution in [0.3, 0.4) is 0 Å². The monoisotopic (exact) mass is 258 g/mol. The van der Waals surface area contributed by atoms with E-state index in [1.54, 1.807) is 0 Å². The van der Waals surface area contributed by atoms with Gasteiger partial charge in [0.1, 0.15) is 0 Å². The van der Waals surface area contributed by atoms with Crippen molar-refractivity contribution in [1.82, 2.24) is 0 Å². The van der Waals surface area contributed by atoms with Gasteiger partial charge in [-0.25, -0.2) is 4.79 Å². The molecule has 0 spiro atoms. The second kappa shape index (κ2) is 6.15. The van der Waals surface area contributed by atoms with Crippen LogP contribution in [0.25, 0.3) is 0 Å². The van der Waals surface area contributed by atoms with Gasteiger partial charge in [-0.3, -0.25) is 4.79 Å². The Hall–Kier alpha value is -1.69. The van der Waals surface area contributed by atoms with Crippen LogP contribution >= 0.6 is 11.6 Å². The van der Waals surface area contributed by atoms with Gasteiger partial charge < -0.3 is 9.47 Å². The average molecular weight is 259 g/mol. The lowest BCUT2D eigenvalue weighted by Crippen LogP contribution is -2.16. The zero-order chi connectivity index (χ0) is 12.8. The summed E-state index contributed by atoms with van der Waals surface area (Å²) in [6.45, 7) is 0. The normalized spacial score (nSPS) is 17.2. The van der Waals surface area contributed by atoms with Crippen LogP contribution in [0.2, 0.25) is 0 Å². The Balaban J connectivity index is 3.09. The highest BCUT2D eigenvalue weighted by Gasteiger charge is 2.23. The number of esters is 2. The van der Waals surface area contributed by atoms with E-state index in [9.17, 15) is 9.59 Å². The van der Waals surface area contributed by atoms with E-state index in [0.29, 0.717) is 12.0 Å². The number of hydrogen-bond donors (Lipinski definition) is 0. The Bertz CT molecular complexity index is 426. The van der Waals surface area contributed by atoms with Crippen molar-refractivity contribution in [3.63, 3.8) is 0 Å². The summed E-state index contributed by atoms with van der Waals surface area (Å²) in [4.78, 5) is 22.8. The smallest absolute Gasteiger partial charge is 0.334 e. The van der Waals surface area contributed by atoms with Crippen molar-refractivity contribution >= 4 is 34.9 Å². The molecule has 0 radical (unpaired) electrons. The topological polar surface area (TPSA) is 77.3 Å². The summed E-state index contributed by atoms with van der Waals surface area (Å²) in [5.74, 6) is -1.18. The molecule has 0 N–H and O–H groups in total. The number of methoxy groups -OCH3 is 2. The molecule has 6 nitrogen and oxygen atoms in total. The zero-order valence-corrected chi connectivity index (χ0v) is 10.2. The molecule has 1 aliphatic heterocycles. The molecule has 0 fully saturated rings. The van der Waals surface area contributed by atoms with Crippen LogP contribution in [0.5, 0.6) is 0 Å². The van der Waals surface area contributed by atoms with E-state index in [1.807, 2.05) is 0 Å². The number of halogens is 1. The molecule has 7 heteroatoms.